The van der Waals surface area contributed by atoms with E-state index in [1.54, 1.807) is 18.2 Å². The van der Waals surface area contributed by atoms with Crippen molar-refractivity contribution >= 4 is 21.6 Å². The predicted octanol–water partition coefficient (Wildman–Crippen LogP) is 1.97. The Morgan fingerprint density at radius 1 is 1.19 bits per heavy atom. The largest absolute Gasteiger partial charge is 0.379 e. The minimum atomic E-state index is -4.09. The number of para-hydroxylation sites is 1. The number of nitrogens with one attached hydrogen (secondary N) is 1. The van der Waals surface area contributed by atoms with Crippen LogP contribution in [0.4, 0.5) is 10.1 Å². The predicted molar refractivity (Wildman–Crippen MR) is 95.1 cm³/mol. The van der Waals surface area contributed by atoms with Crippen LogP contribution in [0.15, 0.2) is 47.4 Å². The van der Waals surface area contributed by atoms with Gasteiger partial charge in [0.15, 0.2) is 0 Å². The van der Waals surface area contributed by atoms with E-state index in [2.05, 4.69) is 5.32 Å². The standard InChI is InChI=1S/C18H16FN3O4S/c19-15-6-5-13(18(23)21-16-4-2-1-3-14(16)12-20)11-17(15)27(24,25)22-7-9-26-10-8-22/h1-6,11H,7-10H2,(H,21,23). The maximum atomic E-state index is 14.2. The normalized spacial score (nSPS) is 15.1. The van der Waals surface area contributed by atoms with Gasteiger partial charge in [0.25, 0.3) is 5.91 Å². The van der Waals surface area contributed by atoms with Crippen LogP contribution >= 0.6 is 0 Å². The molecule has 9 heteroatoms. The number of halogens is 1. The third kappa shape index (κ3) is 3.98. The molecule has 0 atom stereocenters. The quantitative estimate of drug-likeness (QED) is 0.862. The van der Waals surface area contributed by atoms with Gasteiger partial charge >= 0.3 is 0 Å². The van der Waals surface area contributed by atoms with Crippen molar-refractivity contribution in [3.63, 3.8) is 0 Å². The summed E-state index contributed by atoms with van der Waals surface area (Å²) in [6, 6.07) is 11.5. The summed E-state index contributed by atoms with van der Waals surface area (Å²) in [6.07, 6.45) is 0. The Bertz CT molecular complexity index is 1010. The highest BCUT2D eigenvalue weighted by atomic mass is 32.2. The Morgan fingerprint density at radius 3 is 2.59 bits per heavy atom. The Labute approximate surface area is 156 Å². The molecule has 0 spiro atoms. The molecular formula is C18H16FN3O4S. The van der Waals surface area contributed by atoms with Crippen LogP contribution in [0.3, 0.4) is 0 Å². The molecule has 140 valence electrons. The number of ether oxygens (including phenoxy) is 1. The highest BCUT2D eigenvalue weighted by molar-refractivity contribution is 7.89. The van der Waals surface area contributed by atoms with Gasteiger partial charge in [0, 0.05) is 18.7 Å². The van der Waals surface area contributed by atoms with Gasteiger partial charge in [0.1, 0.15) is 16.8 Å². The molecule has 0 aromatic heterocycles. The van der Waals surface area contributed by atoms with Crippen LogP contribution in [0.5, 0.6) is 0 Å². The van der Waals surface area contributed by atoms with E-state index in [0.29, 0.717) is 0 Å². The Balaban J connectivity index is 1.91. The van der Waals surface area contributed by atoms with Crippen molar-refractivity contribution < 1.29 is 22.3 Å². The van der Waals surface area contributed by atoms with Crippen LogP contribution in [0.25, 0.3) is 0 Å². The van der Waals surface area contributed by atoms with E-state index in [1.165, 1.54) is 12.1 Å². The monoisotopic (exact) mass is 389 g/mol. The summed E-state index contributed by atoms with van der Waals surface area (Å²) in [6.45, 7) is 0.694. The lowest BCUT2D eigenvalue weighted by atomic mass is 10.1. The molecule has 0 aliphatic carbocycles. The summed E-state index contributed by atoms with van der Waals surface area (Å²) in [5.74, 6) is -1.58. The number of morpholine rings is 1. The fraction of sp³-hybridized carbons (Fsp3) is 0.222. The lowest BCUT2D eigenvalue weighted by molar-refractivity contribution is 0.0729. The molecule has 1 N–H and O–H groups in total. The number of hydrogen-bond donors (Lipinski definition) is 1. The molecule has 1 aliphatic heterocycles. The lowest BCUT2D eigenvalue weighted by Crippen LogP contribution is -2.41. The first-order valence-electron chi connectivity index (χ1n) is 8.11. The molecular weight excluding hydrogens is 373 g/mol. The van der Waals surface area contributed by atoms with Gasteiger partial charge in [-0.1, -0.05) is 12.1 Å². The summed E-state index contributed by atoms with van der Waals surface area (Å²) in [7, 11) is -4.09. The van der Waals surface area contributed by atoms with E-state index >= 15 is 0 Å². The number of nitrogens with zero attached hydrogens (tertiary/aromatic N) is 2. The molecule has 0 unspecified atom stereocenters. The Kier molecular flexibility index (Phi) is 5.51. The third-order valence-electron chi connectivity index (χ3n) is 4.08. The van der Waals surface area contributed by atoms with Crippen molar-refractivity contribution in [1.29, 1.82) is 5.26 Å². The zero-order valence-electron chi connectivity index (χ0n) is 14.2. The van der Waals surface area contributed by atoms with Crippen LogP contribution in [-0.2, 0) is 14.8 Å². The second-order valence-electron chi connectivity index (χ2n) is 5.77. The van der Waals surface area contributed by atoms with E-state index in [-0.39, 0.29) is 43.1 Å². The maximum absolute atomic E-state index is 14.2. The van der Waals surface area contributed by atoms with Crippen LogP contribution in [-0.4, -0.2) is 44.9 Å². The molecule has 2 aromatic rings. The average Bonchev–Trinajstić information content (AvgIpc) is 2.69. The van der Waals surface area contributed by atoms with Crippen LogP contribution in [0.2, 0.25) is 0 Å². The summed E-state index contributed by atoms with van der Waals surface area (Å²) in [5, 5.41) is 11.6. The van der Waals surface area contributed by atoms with E-state index in [1.807, 2.05) is 6.07 Å². The lowest BCUT2D eigenvalue weighted by Gasteiger charge is -2.26. The van der Waals surface area contributed by atoms with Gasteiger partial charge in [0.05, 0.1) is 24.5 Å². The summed E-state index contributed by atoms with van der Waals surface area (Å²) < 4.78 is 45.9. The first kappa shape index (κ1) is 19.0. The molecule has 0 radical (unpaired) electrons. The van der Waals surface area contributed by atoms with E-state index in [0.717, 1.165) is 16.4 Å². The molecule has 1 aliphatic rings. The number of amides is 1. The first-order chi connectivity index (χ1) is 12.9. The number of anilines is 1. The fourth-order valence-corrected chi connectivity index (χ4v) is 4.15. The Morgan fingerprint density at radius 2 is 1.89 bits per heavy atom. The van der Waals surface area contributed by atoms with Crippen LogP contribution < -0.4 is 5.32 Å². The number of rotatable bonds is 4. The summed E-state index contributed by atoms with van der Waals surface area (Å²) in [5.41, 5.74) is 0.511. The van der Waals surface area contributed by atoms with Crippen molar-refractivity contribution in [2.45, 2.75) is 4.90 Å². The molecule has 2 aromatic carbocycles. The zero-order valence-corrected chi connectivity index (χ0v) is 15.0. The smallest absolute Gasteiger partial charge is 0.255 e. The van der Waals surface area contributed by atoms with Crippen LogP contribution in [0, 0.1) is 17.1 Å². The van der Waals surface area contributed by atoms with Crippen molar-refractivity contribution in [2.75, 3.05) is 31.6 Å². The fourth-order valence-electron chi connectivity index (χ4n) is 2.65. The highest BCUT2D eigenvalue weighted by Gasteiger charge is 2.29. The zero-order chi connectivity index (χ0) is 19.4. The number of nitriles is 1. The van der Waals surface area contributed by atoms with E-state index in [9.17, 15) is 17.6 Å². The van der Waals surface area contributed by atoms with Crippen molar-refractivity contribution in [2.24, 2.45) is 0 Å². The molecule has 1 saturated heterocycles. The number of sulfonamides is 1. The van der Waals surface area contributed by atoms with Gasteiger partial charge in [-0.2, -0.15) is 9.57 Å². The maximum Gasteiger partial charge on any atom is 0.255 e. The van der Waals surface area contributed by atoms with Gasteiger partial charge in [0.2, 0.25) is 10.0 Å². The third-order valence-corrected chi connectivity index (χ3v) is 5.99. The molecule has 0 bridgehead atoms. The molecule has 27 heavy (non-hydrogen) atoms. The van der Waals surface area contributed by atoms with Gasteiger partial charge < -0.3 is 10.1 Å². The van der Waals surface area contributed by atoms with Crippen molar-refractivity contribution in [3.05, 3.63) is 59.4 Å². The minimum Gasteiger partial charge on any atom is -0.379 e. The number of carbonyl (C=O) groups is 1. The van der Waals surface area contributed by atoms with Crippen LogP contribution in [0.1, 0.15) is 15.9 Å². The topological polar surface area (TPSA) is 99.5 Å². The molecule has 3 rings (SSSR count). The Hall–Kier alpha value is -2.80. The van der Waals surface area contributed by atoms with Gasteiger partial charge in [-0.3, -0.25) is 4.79 Å². The second kappa shape index (κ2) is 7.84. The van der Waals surface area contributed by atoms with Crippen molar-refractivity contribution in [1.82, 2.24) is 4.31 Å². The molecule has 7 nitrogen and oxygen atoms in total. The van der Waals surface area contributed by atoms with Crippen molar-refractivity contribution in [3.8, 4) is 6.07 Å². The SMILES string of the molecule is N#Cc1ccccc1NC(=O)c1ccc(F)c(S(=O)(=O)N2CCOCC2)c1. The summed E-state index contributed by atoms with van der Waals surface area (Å²) >= 11 is 0. The first-order valence-corrected chi connectivity index (χ1v) is 9.55. The minimum absolute atomic E-state index is 0.0315. The summed E-state index contributed by atoms with van der Waals surface area (Å²) in [4.78, 5) is 11.9. The number of benzene rings is 2. The molecule has 0 saturated carbocycles. The molecule has 1 heterocycles. The number of hydrogen-bond acceptors (Lipinski definition) is 5. The van der Waals surface area contributed by atoms with E-state index < -0.39 is 26.6 Å². The van der Waals surface area contributed by atoms with E-state index in [4.69, 9.17) is 10.00 Å². The highest BCUT2D eigenvalue weighted by Crippen LogP contribution is 2.23. The van der Waals surface area contributed by atoms with Gasteiger partial charge in [-0.15, -0.1) is 0 Å². The average molecular weight is 389 g/mol. The number of carbonyl (C=O) groups excluding carboxylic acids is 1. The second-order valence-corrected chi connectivity index (χ2v) is 7.68. The molecule has 1 amide bonds. The van der Waals surface area contributed by atoms with Gasteiger partial charge in [-0.25, -0.2) is 12.8 Å². The molecule has 1 fully saturated rings. The van der Waals surface area contributed by atoms with Gasteiger partial charge in [-0.05, 0) is 30.3 Å².